The topological polar surface area (TPSA) is 56.3 Å². The fourth-order valence-electron chi connectivity index (χ4n) is 2.79. The van der Waals surface area contributed by atoms with Gasteiger partial charge in [0.25, 0.3) is 0 Å². The van der Waals surface area contributed by atoms with Crippen molar-refractivity contribution < 1.29 is 9.35 Å². The first kappa shape index (κ1) is 14.1. The van der Waals surface area contributed by atoms with Gasteiger partial charge in [-0.1, -0.05) is 18.2 Å². The lowest BCUT2D eigenvalue weighted by Crippen LogP contribution is -2.41. The van der Waals surface area contributed by atoms with Crippen molar-refractivity contribution >= 4 is 22.6 Å². The molecule has 0 radical (unpaired) electrons. The summed E-state index contributed by atoms with van der Waals surface area (Å²) < 4.78 is 12.8. The van der Waals surface area contributed by atoms with Crippen LogP contribution in [0.15, 0.2) is 53.6 Å². The Morgan fingerprint density at radius 1 is 1.29 bits per heavy atom. The van der Waals surface area contributed by atoms with Crippen molar-refractivity contribution in [2.24, 2.45) is 0 Å². The molecule has 4 nitrogen and oxygen atoms in total. The van der Waals surface area contributed by atoms with Crippen LogP contribution in [0, 0.1) is 0 Å². The van der Waals surface area contributed by atoms with E-state index < -0.39 is 22.5 Å². The number of nitrogens with zero attached hydrogens (tertiary/aromatic N) is 2. The highest BCUT2D eigenvalue weighted by atomic mass is 32.2. The molecule has 0 amide bonds. The zero-order chi connectivity index (χ0) is 15.0. The van der Waals surface area contributed by atoms with Crippen LogP contribution in [0.5, 0.6) is 0 Å². The number of anilines is 1. The third-order valence-electron chi connectivity index (χ3n) is 3.79. The smallest absolute Gasteiger partial charge is 0.209 e. The lowest BCUT2D eigenvalue weighted by molar-refractivity contribution is -0.118. The third kappa shape index (κ3) is 2.32. The number of aromatic nitrogens is 1. The van der Waals surface area contributed by atoms with Gasteiger partial charge in [-0.25, -0.2) is 0 Å². The maximum atomic E-state index is 12.8. The van der Waals surface area contributed by atoms with Gasteiger partial charge in [0.1, 0.15) is 11.7 Å². The molecule has 3 rings (SSSR count). The van der Waals surface area contributed by atoms with Gasteiger partial charge in [0.05, 0.1) is 11.4 Å². The number of pyridine rings is 1. The number of likely N-dealkylation sites (N-methyl/N-ethyl adjacent to an activating group) is 1. The molecule has 3 atom stereocenters. The molecule has 108 valence electrons. The molecule has 0 bridgehead atoms. The predicted molar refractivity (Wildman–Crippen MR) is 82.7 cm³/mol. The molecule has 0 saturated heterocycles. The standard InChI is InChI=1S/C16H16N2O2S/c1-11(19)15(12-7-5-6-10-17-12)16-18(2)13-8-3-4-9-14(13)21(16)20/h3-10,15-16H,1-2H3. The quantitative estimate of drug-likeness (QED) is 0.816. The van der Waals surface area contributed by atoms with Crippen molar-refractivity contribution in [3.8, 4) is 0 Å². The summed E-state index contributed by atoms with van der Waals surface area (Å²) in [5, 5.41) is -0.408. The average molecular weight is 300 g/mol. The maximum Gasteiger partial charge on any atom is 0.209 e. The number of ketones is 1. The van der Waals surface area contributed by atoms with Crippen LogP contribution in [0.4, 0.5) is 5.69 Å². The summed E-state index contributed by atoms with van der Waals surface area (Å²) in [6.07, 6.45) is 1.66. The highest BCUT2D eigenvalue weighted by Gasteiger charge is 2.47. The Labute approximate surface area is 127 Å². The van der Waals surface area contributed by atoms with Gasteiger partial charge >= 0.3 is 0 Å². The molecule has 1 aromatic carbocycles. The molecule has 5 heteroatoms. The Kier molecular flexibility index (Phi) is 3.69. The third-order valence-corrected chi connectivity index (χ3v) is 5.60. The molecule has 0 N–H and O–H groups in total. The molecule has 1 aliphatic heterocycles. The van der Waals surface area contributed by atoms with Gasteiger partial charge in [0, 0.05) is 24.4 Å². The summed E-state index contributed by atoms with van der Waals surface area (Å²) in [7, 11) is 1.88. The van der Waals surface area contributed by atoms with E-state index >= 15 is 0 Å². The van der Waals surface area contributed by atoms with E-state index in [1.165, 1.54) is 6.92 Å². The first-order valence-electron chi connectivity index (χ1n) is 6.75. The van der Waals surface area contributed by atoms with Crippen molar-refractivity contribution in [1.82, 2.24) is 4.98 Å². The summed E-state index contributed by atoms with van der Waals surface area (Å²) in [5.41, 5.74) is 1.59. The van der Waals surface area contributed by atoms with E-state index in [4.69, 9.17) is 0 Å². The van der Waals surface area contributed by atoms with Gasteiger partial charge in [-0.3, -0.25) is 9.78 Å². The summed E-state index contributed by atoms with van der Waals surface area (Å²) >= 11 is -1.25. The number of hydrogen-bond donors (Lipinski definition) is 0. The van der Waals surface area contributed by atoms with Crippen molar-refractivity contribution in [1.29, 1.82) is 0 Å². The summed E-state index contributed by atoms with van der Waals surface area (Å²) in [5.74, 6) is -0.517. The predicted octanol–water partition coefficient (Wildman–Crippen LogP) is 2.34. The van der Waals surface area contributed by atoms with Crippen molar-refractivity contribution in [3.05, 3.63) is 54.4 Å². The average Bonchev–Trinajstić information content (AvgIpc) is 2.74. The van der Waals surface area contributed by atoms with Gasteiger partial charge in [-0.15, -0.1) is 0 Å². The molecule has 21 heavy (non-hydrogen) atoms. The monoisotopic (exact) mass is 300 g/mol. The highest BCUT2D eigenvalue weighted by Crippen LogP contribution is 2.42. The van der Waals surface area contributed by atoms with E-state index in [0.29, 0.717) is 5.69 Å². The first-order chi connectivity index (χ1) is 10.1. The number of benzene rings is 1. The van der Waals surface area contributed by atoms with Crippen molar-refractivity contribution in [2.45, 2.75) is 23.1 Å². The normalized spacial score (nSPS) is 22.0. The van der Waals surface area contributed by atoms with Gasteiger partial charge < -0.3 is 9.45 Å². The van der Waals surface area contributed by atoms with E-state index in [1.54, 1.807) is 6.20 Å². The minimum atomic E-state index is -1.25. The SMILES string of the molecule is CC(=O)C(c1ccccn1)C1N(C)c2ccccc2[S+]1[O-]. The minimum absolute atomic E-state index is 0.0216. The van der Waals surface area contributed by atoms with Gasteiger partial charge in [-0.2, -0.15) is 0 Å². The second-order valence-electron chi connectivity index (χ2n) is 5.11. The second kappa shape index (κ2) is 5.50. The largest absolute Gasteiger partial charge is 0.610 e. The van der Waals surface area contributed by atoms with Crippen LogP contribution in [0.3, 0.4) is 0 Å². The Morgan fingerprint density at radius 2 is 2.00 bits per heavy atom. The van der Waals surface area contributed by atoms with Crippen LogP contribution < -0.4 is 4.90 Å². The van der Waals surface area contributed by atoms with Crippen LogP contribution in [0.1, 0.15) is 18.5 Å². The van der Waals surface area contributed by atoms with E-state index in [1.807, 2.05) is 54.4 Å². The molecule has 0 saturated carbocycles. The summed E-state index contributed by atoms with van der Waals surface area (Å²) in [4.78, 5) is 19.2. The molecular formula is C16H16N2O2S. The fraction of sp³-hybridized carbons (Fsp3) is 0.250. The van der Waals surface area contributed by atoms with E-state index in [-0.39, 0.29) is 5.78 Å². The number of carbonyl (C=O) groups is 1. The highest BCUT2D eigenvalue weighted by molar-refractivity contribution is 7.92. The fourth-order valence-corrected chi connectivity index (χ4v) is 4.66. The van der Waals surface area contributed by atoms with Crippen molar-refractivity contribution in [3.63, 3.8) is 0 Å². The molecule has 3 unspecified atom stereocenters. The number of Topliss-reactive ketones (excluding diaryl/α,β-unsaturated/α-hetero) is 1. The Hall–Kier alpha value is -1.85. The van der Waals surface area contributed by atoms with Crippen LogP contribution in [-0.4, -0.2) is 27.7 Å². The molecule has 1 aromatic heterocycles. The zero-order valence-corrected chi connectivity index (χ0v) is 12.7. The number of fused-ring (bicyclic) bond motifs is 1. The van der Waals surface area contributed by atoms with Crippen molar-refractivity contribution in [2.75, 3.05) is 11.9 Å². The molecule has 2 heterocycles. The number of para-hydroxylation sites is 1. The van der Waals surface area contributed by atoms with E-state index in [0.717, 1.165) is 10.6 Å². The molecule has 0 aliphatic carbocycles. The van der Waals surface area contributed by atoms with Gasteiger partial charge in [0.2, 0.25) is 5.37 Å². The summed E-state index contributed by atoms with van der Waals surface area (Å²) in [6, 6.07) is 13.1. The number of rotatable bonds is 3. The lowest BCUT2D eigenvalue weighted by Gasteiger charge is -2.27. The Morgan fingerprint density at radius 3 is 2.62 bits per heavy atom. The van der Waals surface area contributed by atoms with Crippen LogP contribution in [0.2, 0.25) is 0 Å². The Bertz CT molecular complexity index is 633. The summed E-state index contributed by atoms with van der Waals surface area (Å²) in [6.45, 7) is 1.54. The molecular weight excluding hydrogens is 284 g/mol. The molecule has 1 aliphatic rings. The van der Waals surface area contributed by atoms with E-state index in [9.17, 15) is 9.35 Å². The molecule has 0 spiro atoms. The van der Waals surface area contributed by atoms with Gasteiger partial charge in [-0.05, 0) is 31.2 Å². The second-order valence-corrected chi connectivity index (χ2v) is 6.63. The Balaban J connectivity index is 2.05. The van der Waals surface area contributed by atoms with E-state index in [2.05, 4.69) is 4.98 Å². The van der Waals surface area contributed by atoms with Crippen LogP contribution in [-0.2, 0) is 16.0 Å². The van der Waals surface area contributed by atoms with Crippen LogP contribution >= 0.6 is 0 Å². The minimum Gasteiger partial charge on any atom is -0.610 e. The first-order valence-corrected chi connectivity index (χ1v) is 7.96. The molecule has 2 aromatic rings. The zero-order valence-electron chi connectivity index (χ0n) is 11.9. The molecule has 0 fully saturated rings. The lowest BCUT2D eigenvalue weighted by atomic mass is 9.99. The number of hydrogen-bond acceptors (Lipinski definition) is 4. The number of carbonyl (C=O) groups excluding carboxylic acids is 1. The van der Waals surface area contributed by atoms with Gasteiger partial charge in [0.15, 0.2) is 4.90 Å². The maximum absolute atomic E-state index is 12.8. The van der Waals surface area contributed by atoms with Crippen LogP contribution in [0.25, 0.3) is 0 Å².